The van der Waals surface area contributed by atoms with Crippen molar-refractivity contribution in [1.29, 1.82) is 0 Å². The quantitative estimate of drug-likeness (QED) is 0.630. The Morgan fingerprint density at radius 3 is 2.77 bits per heavy atom. The maximum atomic E-state index is 13.3. The number of likely N-dealkylation sites (tertiary alicyclic amines) is 1. The van der Waals surface area contributed by atoms with Crippen LogP contribution >= 0.6 is 11.3 Å². The molecule has 0 aliphatic carbocycles. The van der Waals surface area contributed by atoms with Crippen LogP contribution in [0.5, 0.6) is 0 Å². The topological polar surface area (TPSA) is 78.1 Å². The molecule has 0 spiro atoms. The molecule has 2 amide bonds. The minimum atomic E-state index is -0.109. The summed E-state index contributed by atoms with van der Waals surface area (Å²) in [6.45, 7) is 6.23. The van der Waals surface area contributed by atoms with Crippen LogP contribution in [0, 0.1) is 13.8 Å². The molecule has 158 valence electrons. The first-order chi connectivity index (χ1) is 14.5. The molecule has 7 heteroatoms. The molecule has 0 bridgehead atoms. The lowest BCUT2D eigenvalue weighted by Crippen LogP contribution is -2.40. The summed E-state index contributed by atoms with van der Waals surface area (Å²) in [6.07, 6.45) is 5.00. The number of thiophene rings is 1. The van der Waals surface area contributed by atoms with Crippen LogP contribution in [0.4, 0.5) is 5.69 Å². The second-order valence-electron chi connectivity index (χ2n) is 8.09. The van der Waals surface area contributed by atoms with Crippen LogP contribution in [0.25, 0.3) is 10.1 Å². The second kappa shape index (κ2) is 8.60. The number of nitrogens with one attached hydrogen (secondary N) is 2. The molecule has 0 radical (unpaired) electrons. The molecule has 2 N–H and O–H groups in total. The van der Waals surface area contributed by atoms with Crippen molar-refractivity contribution in [3.63, 3.8) is 0 Å². The maximum absolute atomic E-state index is 13.3. The summed E-state index contributed by atoms with van der Waals surface area (Å²) in [4.78, 5) is 28.3. The molecule has 1 aromatic carbocycles. The number of amides is 2. The van der Waals surface area contributed by atoms with Crippen LogP contribution in [0.1, 0.15) is 59.2 Å². The third kappa shape index (κ3) is 3.99. The predicted molar refractivity (Wildman–Crippen MR) is 121 cm³/mol. The number of rotatable bonds is 4. The number of benzene rings is 1. The SMILES string of the molecule is CC(=O)N1CCCCCC1Cc1c(C(=O)Nc2c(C)n[nH]c2C)sc2ccccc12. The highest BCUT2D eigenvalue weighted by Crippen LogP contribution is 2.35. The average molecular weight is 425 g/mol. The number of aromatic nitrogens is 2. The van der Waals surface area contributed by atoms with Crippen molar-refractivity contribution in [2.45, 2.75) is 58.9 Å². The van der Waals surface area contributed by atoms with Gasteiger partial charge >= 0.3 is 0 Å². The molecule has 1 fully saturated rings. The molecule has 3 aromatic rings. The summed E-state index contributed by atoms with van der Waals surface area (Å²) in [6, 6.07) is 8.29. The van der Waals surface area contributed by atoms with E-state index < -0.39 is 0 Å². The second-order valence-corrected chi connectivity index (χ2v) is 9.14. The van der Waals surface area contributed by atoms with Gasteiger partial charge in [-0.15, -0.1) is 11.3 Å². The van der Waals surface area contributed by atoms with E-state index in [4.69, 9.17) is 0 Å². The van der Waals surface area contributed by atoms with E-state index in [1.54, 1.807) is 6.92 Å². The van der Waals surface area contributed by atoms with Crippen molar-refractivity contribution in [3.05, 3.63) is 46.1 Å². The Bertz CT molecular complexity index is 1060. The molecule has 1 aliphatic heterocycles. The number of anilines is 1. The van der Waals surface area contributed by atoms with E-state index in [1.165, 1.54) is 11.3 Å². The Morgan fingerprint density at radius 1 is 1.23 bits per heavy atom. The fourth-order valence-corrected chi connectivity index (χ4v) is 5.56. The van der Waals surface area contributed by atoms with Crippen LogP contribution in [-0.2, 0) is 11.2 Å². The first kappa shape index (κ1) is 20.6. The Morgan fingerprint density at radius 2 is 2.03 bits per heavy atom. The molecule has 6 nitrogen and oxygen atoms in total. The van der Waals surface area contributed by atoms with E-state index >= 15 is 0 Å². The van der Waals surface area contributed by atoms with Gasteiger partial charge in [-0.2, -0.15) is 5.10 Å². The molecule has 30 heavy (non-hydrogen) atoms. The molecule has 1 aliphatic rings. The highest BCUT2D eigenvalue weighted by molar-refractivity contribution is 7.21. The van der Waals surface area contributed by atoms with Crippen molar-refractivity contribution in [2.75, 3.05) is 11.9 Å². The Hall–Kier alpha value is -2.67. The van der Waals surface area contributed by atoms with Crippen molar-refractivity contribution >= 4 is 38.9 Å². The zero-order chi connectivity index (χ0) is 21.3. The Kier molecular flexibility index (Phi) is 5.90. The van der Waals surface area contributed by atoms with Crippen molar-refractivity contribution in [1.82, 2.24) is 15.1 Å². The minimum Gasteiger partial charge on any atom is -0.340 e. The number of hydrogen-bond donors (Lipinski definition) is 2. The van der Waals surface area contributed by atoms with Gasteiger partial charge in [-0.1, -0.05) is 31.0 Å². The maximum Gasteiger partial charge on any atom is 0.266 e. The predicted octanol–water partition coefficient (Wildman–Crippen LogP) is 4.83. The third-order valence-electron chi connectivity index (χ3n) is 5.99. The monoisotopic (exact) mass is 424 g/mol. The molecule has 1 unspecified atom stereocenters. The molecular formula is C23H28N4O2S. The molecule has 1 saturated heterocycles. The number of carbonyl (C=O) groups is 2. The average Bonchev–Trinajstić information content (AvgIpc) is 3.13. The zero-order valence-corrected chi connectivity index (χ0v) is 18.6. The third-order valence-corrected chi connectivity index (χ3v) is 7.20. The number of fused-ring (bicyclic) bond motifs is 1. The standard InChI is InChI=1S/C23H28N4O2S/c1-14-21(15(2)26-25-14)24-23(29)22-19(18-10-6-7-11-20(18)30-22)13-17-9-5-4-8-12-27(17)16(3)28/h6-7,10-11,17H,4-5,8-9,12-13H2,1-3H3,(H,24,29)(H,25,26). The summed E-state index contributed by atoms with van der Waals surface area (Å²) >= 11 is 1.52. The van der Waals surface area contributed by atoms with Crippen molar-refractivity contribution < 1.29 is 9.59 Å². The number of aryl methyl sites for hydroxylation is 2. The molecule has 4 rings (SSSR count). The fraction of sp³-hybridized carbons (Fsp3) is 0.435. The van der Waals surface area contributed by atoms with Gasteiger partial charge in [0.1, 0.15) is 0 Å². The number of aromatic amines is 1. The molecule has 1 atom stereocenters. The minimum absolute atomic E-state index is 0.109. The molecule has 0 saturated carbocycles. The summed E-state index contributed by atoms with van der Waals surface area (Å²) in [5, 5.41) is 11.3. The van der Waals surface area contributed by atoms with Gasteiger partial charge in [0, 0.05) is 24.2 Å². The zero-order valence-electron chi connectivity index (χ0n) is 17.7. The van der Waals surface area contributed by atoms with E-state index in [9.17, 15) is 9.59 Å². The van der Waals surface area contributed by atoms with E-state index in [0.717, 1.165) is 69.8 Å². The van der Waals surface area contributed by atoms with E-state index in [0.29, 0.717) is 6.42 Å². The fourth-order valence-electron chi connectivity index (χ4n) is 4.43. The smallest absolute Gasteiger partial charge is 0.266 e. The van der Waals surface area contributed by atoms with Crippen LogP contribution in [-0.4, -0.2) is 39.5 Å². The Labute approximate surface area is 180 Å². The van der Waals surface area contributed by atoms with Crippen molar-refractivity contribution in [3.8, 4) is 0 Å². The van der Waals surface area contributed by atoms with E-state index in [1.807, 2.05) is 30.9 Å². The highest BCUT2D eigenvalue weighted by Gasteiger charge is 2.27. The van der Waals surface area contributed by atoms with Crippen LogP contribution in [0.3, 0.4) is 0 Å². The molecule has 2 aromatic heterocycles. The largest absolute Gasteiger partial charge is 0.340 e. The number of hydrogen-bond acceptors (Lipinski definition) is 4. The first-order valence-corrected chi connectivity index (χ1v) is 11.4. The lowest BCUT2D eigenvalue weighted by molar-refractivity contribution is -0.131. The molecular weight excluding hydrogens is 396 g/mol. The van der Waals surface area contributed by atoms with E-state index in [-0.39, 0.29) is 17.9 Å². The van der Waals surface area contributed by atoms with Gasteiger partial charge in [-0.3, -0.25) is 14.7 Å². The van der Waals surface area contributed by atoms with Gasteiger partial charge in [-0.25, -0.2) is 0 Å². The lowest BCUT2D eigenvalue weighted by Gasteiger charge is -2.29. The van der Waals surface area contributed by atoms with Gasteiger partial charge in [0.15, 0.2) is 0 Å². The lowest BCUT2D eigenvalue weighted by atomic mass is 9.98. The van der Waals surface area contributed by atoms with Crippen LogP contribution in [0.2, 0.25) is 0 Å². The van der Waals surface area contributed by atoms with Gasteiger partial charge in [0.25, 0.3) is 5.91 Å². The van der Waals surface area contributed by atoms with Gasteiger partial charge in [0.2, 0.25) is 5.91 Å². The van der Waals surface area contributed by atoms with E-state index in [2.05, 4.69) is 27.6 Å². The van der Waals surface area contributed by atoms with Crippen LogP contribution < -0.4 is 5.32 Å². The van der Waals surface area contributed by atoms with Crippen LogP contribution in [0.15, 0.2) is 24.3 Å². The summed E-state index contributed by atoms with van der Waals surface area (Å²) < 4.78 is 1.10. The normalized spacial score (nSPS) is 17.2. The number of nitrogens with zero attached hydrogens (tertiary/aromatic N) is 2. The van der Waals surface area contributed by atoms with Gasteiger partial charge in [0.05, 0.1) is 22.0 Å². The van der Waals surface area contributed by atoms with Crippen molar-refractivity contribution in [2.24, 2.45) is 0 Å². The summed E-state index contributed by atoms with van der Waals surface area (Å²) in [5.41, 5.74) is 3.40. The number of H-pyrrole nitrogens is 1. The summed E-state index contributed by atoms with van der Waals surface area (Å²) in [7, 11) is 0. The highest BCUT2D eigenvalue weighted by atomic mass is 32.1. The molecule has 3 heterocycles. The number of carbonyl (C=O) groups excluding carboxylic acids is 2. The Balaban J connectivity index is 1.71. The first-order valence-electron chi connectivity index (χ1n) is 10.6. The van der Waals surface area contributed by atoms with Gasteiger partial charge < -0.3 is 10.2 Å². The summed E-state index contributed by atoms with van der Waals surface area (Å²) in [5.74, 6) is 0.0129. The van der Waals surface area contributed by atoms with Gasteiger partial charge in [-0.05, 0) is 50.1 Å².